The van der Waals surface area contributed by atoms with E-state index in [0.717, 1.165) is 17.0 Å². The Morgan fingerprint density at radius 1 is 1.09 bits per heavy atom. The molecule has 164 valence electrons. The summed E-state index contributed by atoms with van der Waals surface area (Å²) in [5.41, 5.74) is 2.83. The Bertz CT molecular complexity index is 1170. The van der Waals surface area contributed by atoms with Crippen LogP contribution in [0, 0.1) is 0 Å². The maximum atomic E-state index is 13.3. The van der Waals surface area contributed by atoms with Gasteiger partial charge in [-0.2, -0.15) is 5.10 Å². The third kappa shape index (κ3) is 4.43. The lowest BCUT2D eigenvalue weighted by atomic mass is 10.0. The fourth-order valence-corrected chi connectivity index (χ4v) is 3.65. The number of rotatable bonds is 8. The second kappa shape index (κ2) is 9.53. The van der Waals surface area contributed by atoms with Crippen molar-refractivity contribution in [3.63, 3.8) is 0 Å². The number of hydrogen-bond donors (Lipinski definition) is 1. The Morgan fingerprint density at radius 3 is 2.53 bits per heavy atom. The number of carbonyl (C=O) groups is 1. The summed E-state index contributed by atoms with van der Waals surface area (Å²) in [5.74, 6) is 1.17. The quantitative estimate of drug-likeness (QED) is 0.454. The Labute approximate surface area is 187 Å². The van der Waals surface area contributed by atoms with E-state index >= 15 is 0 Å². The number of nitrogens with one attached hydrogen (secondary N) is 1. The summed E-state index contributed by atoms with van der Waals surface area (Å²) in [4.78, 5) is 15.3. The van der Waals surface area contributed by atoms with Crippen molar-refractivity contribution in [2.24, 2.45) is 0 Å². The van der Waals surface area contributed by atoms with E-state index in [9.17, 15) is 4.79 Å². The highest BCUT2D eigenvalue weighted by Crippen LogP contribution is 2.28. The van der Waals surface area contributed by atoms with Crippen LogP contribution in [0.4, 0.5) is 0 Å². The SMILES string of the molecule is COc1ccccc1C(CNC(=O)c1cc(-c2ccco2)nn1-c1ccccc1)N(C)C. The average molecular weight is 431 g/mol. The fraction of sp³-hybridized carbons (Fsp3) is 0.200. The first kappa shape index (κ1) is 21.4. The minimum Gasteiger partial charge on any atom is -0.496 e. The smallest absolute Gasteiger partial charge is 0.270 e. The minimum atomic E-state index is -0.221. The first-order chi connectivity index (χ1) is 15.6. The molecule has 0 bridgehead atoms. The molecule has 4 rings (SSSR count). The second-order valence-corrected chi connectivity index (χ2v) is 7.57. The number of nitrogens with zero attached hydrogens (tertiary/aromatic N) is 3. The van der Waals surface area contributed by atoms with Crippen LogP contribution in [0.25, 0.3) is 17.1 Å². The molecule has 2 aromatic heterocycles. The van der Waals surface area contributed by atoms with Gasteiger partial charge in [-0.05, 0) is 44.4 Å². The lowest BCUT2D eigenvalue weighted by molar-refractivity contribution is 0.0933. The second-order valence-electron chi connectivity index (χ2n) is 7.57. The van der Waals surface area contributed by atoms with Crippen LogP contribution < -0.4 is 10.1 Å². The Kier molecular flexibility index (Phi) is 6.37. The van der Waals surface area contributed by atoms with Crippen molar-refractivity contribution < 1.29 is 13.9 Å². The third-order valence-electron chi connectivity index (χ3n) is 5.29. The Balaban J connectivity index is 1.62. The van der Waals surface area contributed by atoms with Gasteiger partial charge in [0.2, 0.25) is 0 Å². The summed E-state index contributed by atoms with van der Waals surface area (Å²) in [7, 11) is 5.61. The van der Waals surface area contributed by atoms with Gasteiger partial charge in [-0.15, -0.1) is 0 Å². The van der Waals surface area contributed by atoms with Gasteiger partial charge in [-0.1, -0.05) is 36.4 Å². The van der Waals surface area contributed by atoms with Crippen LogP contribution in [0.15, 0.2) is 83.5 Å². The van der Waals surface area contributed by atoms with E-state index in [0.29, 0.717) is 23.7 Å². The first-order valence-electron chi connectivity index (χ1n) is 10.4. The van der Waals surface area contributed by atoms with Crippen molar-refractivity contribution in [2.45, 2.75) is 6.04 Å². The van der Waals surface area contributed by atoms with E-state index in [2.05, 4.69) is 15.3 Å². The molecule has 7 heteroatoms. The van der Waals surface area contributed by atoms with Crippen molar-refractivity contribution in [2.75, 3.05) is 27.7 Å². The van der Waals surface area contributed by atoms with Crippen molar-refractivity contribution >= 4 is 5.91 Å². The van der Waals surface area contributed by atoms with Crippen LogP contribution in [0.2, 0.25) is 0 Å². The van der Waals surface area contributed by atoms with Crippen LogP contribution in [0.3, 0.4) is 0 Å². The molecule has 0 aliphatic carbocycles. The summed E-state index contributed by atoms with van der Waals surface area (Å²) in [6.45, 7) is 0.405. The minimum absolute atomic E-state index is 0.0623. The summed E-state index contributed by atoms with van der Waals surface area (Å²) >= 11 is 0. The number of aromatic nitrogens is 2. The van der Waals surface area contributed by atoms with E-state index in [1.165, 1.54) is 0 Å². The van der Waals surface area contributed by atoms with E-state index in [1.54, 1.807) is 30.2 Å². The zero-order chi connectivity index (χ0) is 22.5. The largest absolute Gasteiger partial charge is 0.496 e. The molecular formula is C25H26N4O3. The van der Waals surface area contributed by atoms with Crippen molar-refractivity contribution in [1.82, 2.24) is 20.0 Å². The molecule has 2 heterocycles. The molecule has 0 saturated heterocycles. The molecule has 1 amide bonds. The van der Waals surface area contributed by atoms with Gasteiger partial charge in [0.15, 0.2) is 5.76 Å². The summed E-state index contributed by atoms with van der Waals surface area (Å²) in [6, 6.07) is 22.7. The van der Waals surface area contributed by atoms with Gasteiger partial charge in [-0.25, -0.2) is 4.68 Å². The van der Waals surface area contributed by atoms with Gasteiger partial charge in [0.1, 0.15) is 17.1 Å². The molecule has 0 aliphatic rings. The number of methoxy groups -OCH3 is 1. The number of hydrogen-bond acceptors (Lipinski definition) is 5. The lowest BCUT2D eigenvalue weighted by Crippen LogP contribution is -2.35. The van der Waals surface area contributed by atoms with E-state index in [1.807, 2.05) is 74.8 Å². The molecule has 7 nitrogen and oxygen atoms in total. The predicted molar refractivity (Wildman–Crippen MR) is 123 cm³/mol. The number of benzene rings is 2. The topological polar surface area (TPSA) is 72.5 Å². The summed E-state index contributed by atoms with van der Waals surface area (Å²) in [6.07, 6.45) is 1.59. The number of furan rings is 1. The van der Waals surface area contributed by atoms with E-state index in [-0.39, 0.29) is 11.9 Å². The first-order valence-corrected chi connectivity index (χ1v) is 10.4. The zero-order valence-corrected chi connectivity index (χ0v) is 18.4. The highest BCUT2D eigenvalue weighted by molar-refractivity contribution is 5.94. The van der Waals surface area contributed by atoms with Crippen LogP contribution in [-0.2, 0) is 0 Å². The molecular weight excluding hydrogens is 404 g/mol. The number of carbonyl (C=O) groups excluding carboxylic acids is 1. The van der Waals surface area contributed by atoms with Crippen LogP contribution >= 0.6 is 0 Å². The molecule has 1 unspecified atom stereocenters. The number of ether oxygens (including phenoxy) is 1. The molecule has 32 heavy (non-hydrogen) atoms. The molecule has 2 aromatic carbocycles. The van der Waals surface area contributed by atoms with Gasteiger partial charge in [-0.3, -0.25) is 4.79 Å². The predicted octanol–water partition coefficient (Wildman–Crippen LogP) is 4.17. The maximum absolute atomic E-state index is 13.3. The van der Waals surface area contributed by atoms with Crippen LogP contribution in [0.5, 0.6) is 5.75 Å². The van der Waals surface area contributed by atoms with E-state index < -0.39 is 0 Å². The lowest BCUT2D eigenvalue weighted by Gasteiger charge is -2.26. The van der Waals surface area contributed by atoms with Gasteiger partial charge >= 0.3 is 0 Å². The Hall–Kier alpha value is -3.84. The molecule has 1 N–H and O–H groups in total. The number of amides is 1. The van der Waals surface area contributed by atoms with Crippen molar-refractivity contribution in [1.29, 1.82) is 0 Å². The van der Waals surface area contributed by atoms with Gasteiger partial charge in [0, 0.05) is 18.2 Å². The van der Waals surface area contributed by atoms with Gasteiger partial charge in [0.25, 0.3) is 5.91 Å². The molecule has 0 spiro atoms. The maximum Gasteiger partial charge on any atom is 0.270 e. The zero-order valence-electron chi connectivity index (χ0n) is 18.4. The van der Waals surface area contributed by atoms with Crippen LogP contribution in [-0.4, -0.2) is 48.3 Å². The highest BCUT2D eigenvalue weighted by atomic mass is 16.5. The summed E-state index contributed by atoms with van der Waals surface area (Å²) < 4.78 is 12.7. The molecule has 4 aromatic rings. The van der Waals surface area contributed by atoms with E-state index in [4.69, 9.17) is 9.15 Å². The molecule has 0 fully saturated rings. The monoisotopic (exact) mass is 430 g/mol. The van der Waals surface area contributed by atoms with Crippen molar-refractivity contribution in [3.8, 4) is 22.9 Å². The standard InChI is InChI=1S/C25H26N4O3/c1-28(2)22(19-12-7-8-13-23(19)31-3)17-26-25(30)21-16-20(24-14-9-15-32-24)27-29(21)18-10-5-4-6-11-18/h4-16,22H,17H2,1-3H3,(H,26,30). The average Bonchev–Trinajstić information content (AvgIpc) is 3.50. The highest BCUT2D eigenvalue weighted by Gasteiger charge is 2.22. The number of para-hydroxylation sites is 2. The summed E-state index contributed by atoms with van der Waals surface area (Å²) in [5, 5.41) is 7.69. The van der Waals surface area contributed by atoms with Crippen LogP contribution in [0.1, 0.15) is 22.1 Å². The molecule has 0 radical (unpaired) electrons. The van der Waals surface area contributed by atoms with Gasteiger partial charge < -0.3 is 19.4 Å². The molecule has 1 atom stereocenters. The number of likely N-dealkylation sites (N-methyl/N-ethyl adjacent to an activating group) is 1. The molecule has 0 aliphatic heterocycles. The normalized spacial score (nSPS) is 12.0. The Morgan fingerprint density at radius 2 is 1.84 bits per heavy atom. The van der Waals surface area contributed by atoms with Crippen molar-refractivity contribution in [3.05, 3.63) is 90.3 Å². The third-order valence-corrected chi connectivity index (χ3v) is 5.29. The molecule has 0 saturated carbocycles. The van der Waals surface area contributed by atoms with Gasteiger partial charge in [0.05, 0.1) is 25.1 Å². The fourth-order valence-electron chi connectivity index (χ4n) is 3.65.